The fourth-order valence-corrected chi connectivity index (χ4v) is 20.6. The van der Waals surface area contributed by atoms with Gasteiger partial charge in [-0.3, -0.25) is 29.1 Å². The monoisotopic (exact) mass is 1930 g/mol. The van der Waals surface area contributed by atoms with Crippen LogP contribution in [0, 0.1) is 0 Å². The number of benzene rings is 15. The summed E-state index contributed by atoms with van der Waals surface area (Å²) in [5.41, 5.74) is 31.5. The number of pyridine rings is 6. The number of nitrogens with zero attached hydrogens (tertiary/aromatic N) is 11. The molecule has 0 radical (unpaired) electrons. The number of anilines is 5. The Kier molecular flexibility index (Phi) is 24.2. The zero-order valence-corrected chi connectivity index (χ0v) is 78.4. The summed E-state index contributed by atoms with van der Waals surface area (Å²) in [6, 6.07) is 151. The van der Waals surface area contributed by atoms with E-state index in [4.69, 9.17) is 28.2 Å². The molecule has 0 amide bonds. The standard InChI is InChI=1S/C52H35N5.C29H18ClN3.C22H17N3.C13H10.C5H2Br2ClN/c1-5-13-49-45(9-1)46-10-2-6-14-50(46)56(49)43-33-42(34-44(35-43)57-51-15-7-3-11-47(51)48-12-4-8-16-52(48)57)55(40-21-17-36(18-22-40)38-25-29-53-30-26-38)41-23-19-37(20-24-41)39-27-31-54-32-28-39;30-19-17-28(32-24-13-5-1-9-20(24)21-10-2-6-14-25(21)32)31-29(18-19)33-26-15-7-3-11-22(26)23-12-4-8-16-27(23)33;1-5-21(6-2-17(1)19-9-13-23-14-10-19)25-22-7-3-18(4-8-22)20-11-15-24-16-12-20;1-3-7-12-10(5-1)9-11-6-2-4-8-13(11)12;6-4-1-3(8)2-5(7)9-4/h1-35H;1-18H;1-16,25H;1-8H,9H2;1-2H. The highest BCUT2D eigenvalue weighted by Crippen LogP contribution is 2.45. The summed E-state index contributed by atoms with van der Waals surface area (Å²) in [4.78, 5) is 28.1. The van der Waals surface area contributed by atoms with Gasteiger partial charge in [0.1, 0.15) is 20.8 Å². The Morgan fingerprint density at radius 3 is 0.774 bits per heavy atom. The van der Waals surface area contributed by atoms with Crippen molar-refractivity contribution in [2.45, 2.75) is 6.42 Å². The zero-order valence-electron chi connectivity index (χ0n) is 73.7. The minimum atomic E-state index is 0.652. The number of nitrogens with one attached hydrogen (secondary N) is 1. The SMILES string of the molecule is Clc1cc(-n2c3ccccc3c3ccccc32)nc(-n2c3ccccc3c3ccccc32)c1.Clc1cc(Br)nc(Br)c1.c1cc(-c2ccc(Nc3ccc(-c4ccncc4)cc3)cc2)ccn1.c1ccc2c(c1)Cc1ccccc1-2.c1ccc2c(c1)c1ccccc1n2-c1cc(N(c2ccc(-c3ccncc3)cc2)c2ccc(-c3ccncc3)cc2)cc(-n2c3ccccc3c3ccccc32)c1. The van der Waals surface area contributed by atoms with Gasteiger partial charge < -0.3 is 19.4 Å². The van der Waals surface area contributed by atoms with Crippen molar-refractivity contribution in [1.29, 1.82) is 0 Å². The molecule has 10 heterocycles. The van der Waals surface area contributed by atoms with E-state index in [0.29, 0.717) is 10.0 Å². The number of hydrogen-bond donors (Lipinski definition) is 1. The minimum Gasteiger partial charge on any atom is -0.356 e. The molecule has 137 heavy (non-hydrogen) atoms. The Labute approximate surface area is 818 Å². The van der Waals surface area contributed by atoms with Crippen LogP contribution in [-0.4, -0.2) is 48.2 Å². The average molecular weight is 1930 g/mol. The Hall–Kier alpha value is -16.5. The molecule has 10 aromatic heterocycles. The fraction of sp³-hybridized carbons (Fsp3) is 0.00826. The molecule has 0 atom stereocenters. The average Bonchev–Trinajstić information content (AvgIpc) is 1.57. The van der Waals surface area contributed by atoms with Crippen LogP contribution in [0.25, 0.3) is 166 Å². The van der Waals surface area contributed by atoms with Gasteiger partial charge in [0.15, 0.2) is 0 Å². The lowest BCUT2D eigenvalue weighted by atomic mass is 10.0. The van der Waals surface area contributed by atoms with Crippen LogP contribution in [0.2, 0.25) is 10.0 Å². The molecule has 26 rings (SSSR count). The molecular formula is C121H82Br2Cl2N12. The molecule has 654 valence electrons. The highest BCUT2D eigenvalue weighted by atomic mass is 79.9. The first-order chi connectivity index (χ1) is 67.6. The van der Waals surface area contributed by atoms with Crippen molar-refractivity contribution in [2.24, 2.45) is 0 Å². The molecule has 0 fully saturated rings. The van der Waals surface area contributed by atoms with Crippen molar-refractivity contribution in [1.82, 2.24) is 48.2 Å². The third kappa shape index (κ3) is 17.7. The molecule has 0 saturated heterocycles. The first-order valence-electron chi connectivity index (χ1n) is 45.1. The van der Waals surface area contributed by atoms with Gasteiger partial charge in [0.2, 0.25) is 0 Å². The molecule has 0 bridgehead atoms. The van der Waals surface area contributed by atoms with Crippen molar-refractivity contribution >= 4 is 171 Å². The number of halogens is 4. The van der Waals surface area contributed by atoms with Crippen LogP contribution in [0.15, 0.2) is 489 Å². The zero-order chi connectivity index (χ0) is 92.1. The number of rotatable bonds is 13. The smallest absolute Gasteiger partial charge is 0.141 e. The predicted octanol–water partition coefficient (Wildman–Crippen LogP) is 33.5. The van der Waals surface area contributed by atoms with E-state index >= 15 is 0 Å². The number of hydrogen-bond acceptors (Lipinski definition) is 8. The lowest BCUT2D eigenvalue weighted by molar-refractivity contribution is 1.01. The van der Waals surface area contributed by atoms with Gasteiger partial charge in [-0.05, 0) is 281 Å². The van der Waals surface area contributed by atoms with E-state index in [1.54, 1.807) is 12.1 Å². The third-order valence-corrected chi connectivity index (χ3v) is 26.2. The Morgan fingerprint density at radius 2 is 0.482 bits per heavy atom. The molecule has 16 heteroatoms. The Bertz CT molecular complexity index is 7960. The molecule has 12 nitrogen and oxygen atoms in total. The molecule has 1 aliphatic rings. The molecule has 25 aromatic rings. The van der Waals surface area contributed by atoms with E-state index in [2.05, 4.69) is 467 Å². The number of fused-ring (bicyclic) bond motifs is 15. The fourth-order valence-electron chi connectivity index (χ4n) is 18.8. The van der Waals surface area contributed by atoms with Crippen LogP contribution in [0.4, 0.5) is 28.4 Å². The van der Waals surface area contributed by atoms with E-state index in [1.165, 1.54) is 110 Å². The van der Waals surface area contributed by atoms with Crippen LogP contribution in [0.1, 0.15) is 11.1 Å². The highest BCUT2D eigenvalue weighted by Gasteiger charge is 2.24. The summed E-state index contributed by atoms with van der Waals surface area (Å²) >= 11 is 18.7. The van der Waals surface area contributed by atoms with Crippen molar-refractivity contribution in [3.63, 3.8) is 0 Å². The maximum Gasteiger partial charge on any atom is 0.141 e. The molecule has 0 spiro atoms. The summed E-state index contributed by atoms with van der Waals surface area (Å²) in [6.45, 7) is 0. The van der Waals surface area contributed by atoms with Gasteiger partial charge in [0.25, 0.3) is 0 Å². The molecule has 0 saturated carbocycles. The second-order valence-corrected chi connectivity index (χ2v) is 35.8. The molecule has 1 N–H and O–H groups in total. The summed E-state index contributed by atoms with van der Waals surface area (Å²) in [7, 11) is 0. The third-order valence-electron chi connectivity index (χ3n) is 25.0. The lowest BCUT2D eigenvalue weighted by Crippen LogP contribution is -2.12. The highest BCUT2D eigenvalue weighted by molar-refractivity contribution is 9.11. The van der Waals surface area contributed by atoms with Crippen molar-refractivity contribution in [3.8, 4) is 78.6 Å². The van der Waals surface area contributed by atoms with Gasteiger partial charge in [0.05, 0.1) is 61.2 Å². The van der Waals surface area contributed by atoms with Crippen molar-refractivity contribution < 1.29 is 0 Å². The van der Waals surface area contributed by atoms with Gasteiger partial charge in [-0.15, -0.1) is 0 Å². The second-order valence-electron chi connectivity index (χ2n) is 33.3. The van der Waals surface area contributed by atoms with Gasteiger partial charge in [0, 0.05) is 138 Å². The molecule has 0 aliphatic heterocycles. The van der Waals surface area contributed by atoms with E-state index in [-0.39, 0.29) is 0 Å². The topological polar surface area (TPSA) is 112 Å². The van der Waals surface area contributed by atoms with Gasteiger partial charge in [-0.1, -0.05) is 266 Å². The van der Waals surface area contributed by atoms with E-state index < -0.39 is 0 Å². The van der Waals surface area contributed by atoms with Crippen LogP contribution < -0.4 is 10.2 Å². The largest absolute Gasteiger partial charge is 0.356 e. The van der Waals surface area contributed by atoms with Gasteiger partial charge in [-0.2, -0.15) is 0 Å². The number of aromatic nitrogens is 10. The van der Waals surface area contributed by atoms with Crippen LogP contribution in [-0.2, 0) is 6.42 Å². The quantitative estimate of drug-likeness (QED) is 0.114. The maximum atomic E-state index is 6.72. The normalized spacial score (nSPS) is 11.3. The maximum absolute atomic E-state index is 6.72. The molecule has 0 unspecified atom stereocenters. The summed E-state index contributed by atoms with van der Waals surface area (Å²) in [5, 5.41) is 14.5. The van der Waals surface area contributed by atoms with E-state index in [9.17, 15) is 0 Å². The van der Waals surface area contributed by atoms with Gasteiger partial charge >= 0.3 is 0 Å². The van der Waals surface area contributed by atoms with Crippen molar-refractivity contribution in [3.05, 3.63) is 511 Å². The van der Waals surface area contributed by atoms with E-state index in [0.717, 1.165) is 111 Å². The van der Waals surface area contributed by atoms with Crippen LogP contribution >= 0.6 is 55.1 Å². The summed E-state index contributed by atoms with van der Waals surface area (Å²) in [5.74, 6) is 1.61. The van der Waals surface area contributed by atoms with Crippen molar-refractivity contribution in [2.75, 3.05) is 10.2 Å². The van der Waals surface area contributed by atoms with E-state index in [1.807, 2.05) is 86.0 Å². The Morgan fingerprint density at radius 1 is 0.234 bits per heavy atom. The minimum absolute atomic E-state index is 0.652. The Balaban J connectivity index is 0.000000114. The molecule has 15 aromatic carbocycles. The first-order valence-corrected chi connectivity index (χ1v) is 47.4. The van der Waals surface area contributed by atoms with Crippen LogP contribution in [0.5, 0.6) is 0 Å². The predicted molar refractivity (Wildman–Crippen MR) is 576 cm³/mol. The second kappa shape index (κ2) is 38.6. The molecular weight excluding hydrogens is 1850 g/mol. The lowest BCUT2D eigenvalue weighted by Gasteiger charge is -2.28. The molecule has 1 aliphatic carbocycles. The first kappa shape index (κ1) is 86.0. The summed E-state index contributed by atoms with van der Waals surface area (Å²) < 4.78 is 10.7. The van der Waals surface area contributed by atoms with Gasteiger partial charge in [-0.25, -0.2) is 9.97 Å². The van der Waals surface area contributed by atoms with Crippen LogP contribution in [0.3, 0.4) is 0 Å². The summed E-state index contributed by atoms with van der Waals surface area (Å²) in [6.07, 6.45) is 15.7. The number of para-hydroxylation sites is 8.